The highest BCUT2D eigenvalue weighted by molar-refractivity contribution is 7.26. The van der Waals surface area contributed by atoms with E-state index in [0.29, 0.717) is 0 Å². The van der Waals surface area contributed by atoms with Crippen LogP contribution in [0.3, 0.4) is 0 Å². The van der Waals surface area contributed by atoms with Gasteiger partial charge >= 0.3 is 0 Å². The van der Waals surface area contributed by atoms with Gasteiger partial charge in [-0.05, 0) is 23.3 Å². The van der Waals surface area contributed by atoms with Crippen LogP contribution in [0.15, 0.2) is 109 Å². The van der Waals surface area contributed by atoms with Crippen LogP contribution in [0.1, 0.15) is 0 Å². The number of fused-ring (bicyclic) bond motifs is 6. The molecule has 5 aromatic carbocycles. The van der Waals surface area contributed by atoms with Gasteiger partial charge in [0.25, 0.3) is 0 Å². The highest BCUT2D eigenvalue weighted by Crippen LogP contribution is 2.45. The summed E-state index contributed by atoms with van der Waals surface area (Å²) >= 11 is 3.79. The van der Waals surface area contributed by atoms with Gasteiger partial charge in [0.2, 0.25) is 0 Å². The molecule has 150 valence electrons. The van der Waals surface area contributed by atoms with E-state index in [0.717, 1.165) is 0 Å². The molecule has 0 N–H and O–H groups in total. The van der Waals surface area contributed by atoms with E-state index in [9.17, 15) is 0 Å². The standard InChI is InChI=1S/C30H18S2/c1-2-10-20(24-14-8-16-26-22-12-4-6-18-28(22)32-30(24)26)19(9-1)23-13-7-15-25-21-11-3-5-17-27(21)31-29(23)25/h1-18H. The van der Waals surface area contributed by atoms with Gasteiger partial charge in [0.15, 0.2) is 0 Å². The third kappa shape index (κ3) is 2.60. The third-order valence-electron chi connectivity index (χ3n) is 6.32. The molecule has 0 amide bonds. The second-order valence-electron chi connectivity index (χ2n) is 8.11. The largest absolute Gasteiger partial charge is 0.135 e. The quantitative estimate of drug-likeness (QED) is 0.250. The van der Waals surface area contributed by atoms with Gasteiger partial charge in [-0.1, -0.05) is 97.1 Å². The van der Waals surface area contributed by atoms with E-state index < -0.39 is 0 Å². The fourth-order valence-electron chi connectivity index (χ4n) is 4.87. The van der Waals surface area contributed by atoms with Crippen LogP contribution < -0.4 is 0 Å². The third-order valence-corrected chi connectivity index (χ3v) is 8.76. The van der Waals surface area contributed by atoms with Gasteiger partial charge < -0.3 is 0 Å². The molecule has 0 unspecified atom stereocenters. The van der Waals surface area contributed by atoms with Crippen LogP contribution >= 0.6 is 22.7 Å². The van der Waals surface area contributed by atoms with Crippen molar-refractivity contribution in [2.75, 3.05) is 0 Å². The zero-order valence-electron chi connectivity index (χ0n) is 17.2. The van der Waals surface area contributed by atoms with Gasteiger partial charge in [0, 0.05) is 51.5 Å². The molecule has 0 aliphatic heterocycles. The van der Waals surface area contributed by atoms with Crippen LogP contribution in [0, 0.1) is 0 Å². The van der Waals surface area contributed by atoms with E-state index >= 15 is 0 Å². The van der Waals surface area contributed by atoms with Crippen LogP contribution in [0.2, 0.25) is 0 Å². The summed E-state index contributed by atoms with van der Waals surface area (Å²) < 4.78 is 5.42. The molecule has 0 saturated heterocycles. The molecular weight excluding hydrogens is 424 g/mol. The molecule has 0 nitrogen and oxygen atoms in total. The smallest absolute Gasteiger partial charge is 0.0434 e. The van der Waals surface area contributed by atoms with Crippen LogP contribution in [0.5, 0.6) is 0 Å². The Morgan fingerprint density at radius 2 is 0.688 bits per heavy atom. The lowest BCUT2D eigenvalue weighted by Gasteiger charge is -2.12. The molecule has 7 aromatic rings. The Morgan fingerprint density at radius 1 is 0.312 bits per heavy atom. The van der Waals surface area contributed by atoms with Crippen molar-refractivity contribution in [1.29, 1.82) is 0 Å². The van der Waals surface area contributed by atoms with E-state index in [1.165, 1.54) is 62.6 Å². The molecule has 0 spiro atoms. The van der Waals surface area contributed by atoms with Crippen molar-refractivity contribution in [3.05, 3.63) is 109 Å². The first-order valence-corrected chi connectivity index (χ1v) is 12.4. The first kappa shape index (κ1) is 18.1. The van der Waals surface area contributed by atoms with Crippen molar-refractivity contribution in [3.8, 4) is 22.3 Å². The summed E-state index contributed by atoms with van der Waals surface area (Å²) in [6.45, 7) is 0. The average Bonchev–Trinajstić information content (AvgIpc) is 3.42. The van der Waals surface area contributed by atoms with Gasteiger partial charge in [-0.2, -0.15) is 0 Å². The molecule has 7 rings (SSSR count). The number of hydrogen-bond donors (Lipinski definition) is 0. The molecule has 0 bridgehead atoms. The summed E-state index contributed by atoms with van der Waals surface area (Å²) in [5.74, 6) is 0. The fraction of sp³-hybridized carbons (Fsp3) is 0. The van der Waals surface area contributed by atoms with Crippen LogP contribution in [-0.4, -0.2) is 0 Å². The Kier molecular flexibility index (Phi) is 3.98. The van der Waals surface area contributed by atoms with Gasteiger partial charge in [-0.3, -0.25) is 0 Å². The van der Waals surface area contributed by atoms with Crippen molar-refractivity contribution in [1.82, 2.24) is 0 Å². The Balaban J connectivity index is 1.55. The maximum atomic E-state index is 2.28. The Bertz CT molecular complexity index is 1650. The zero-order valence-corrected chi connectivity index (χ0v) is 18.8. The van der Waals surface area contributed by atoms with Crippen molar-refractivity contribution in [3.63, 3.8) is 0 Å². The maximum Gasteiger partial charge on any atom is 0.0434 e. The van der Waals surface area contributed by atoms with E-state index in [1.54, 1.807) is 0 Å². The Hall–Kier alpha value is -3.46. The molecular formula is C30H18S2. The lowest BCUT2D eigenvalue weighted by Crippen LogP contribution is -1.85. The SMILES string of the molecule is c1ccc(-c2cccc3c2sc2ccccc23)c(-c2cccc3c2sc2ccccc23)c1. The van der Waals surface area contributed by atoms with E-state index in [1.807, 2.05) is 22.7 Å². The number of benzene rings is 5. The molecule has 2 heterocycles. The lowest BCUT2D eigenvalue weighted by atomic mass is 9.93. The molecule has 0 aliphatic carbocycles. The topological polar surface area (TPSA) is 0 Å². The minimum absolute atomic E-state index is 1.30. The highest BCUT2D eigenvalue weighted by atomic mass is 32.1. The predicted octanol–water partition coefficient (Wildman–Crippen LogP) is 9.76. The summed E-state index contributed by atoms with van der Waals surface area (Å²) in [6.07, 6.45) is 0. The second-order valence-corrected chi connectivity index (χ2v) is 10.2. The van der Waals surface area contributed by atoms with E-state index in [4.69, 9.17) is 0 Å². The predicted molar refractivity (Wildman–Crippen MR) is 143 cm³/mol. The number of hydrogen-bond acceptors (Lipinski definition) is 2. The summed E-state index contributed by atoms with van der Waals surface area (Å²) in [5.41, 5.74) is 5.24. The first-order valence-electron chi connectivity index (χ1n) is 10.8. The number of rotatable bonds is 2. The molecule has 0 fully saturated rings. The monoisotopic (exact) mass is 442 g/mol. The molecule has 0 atom stereocenters. The summed E-state index contributed by atoms with van der Waals surface area (Å²) in [5, 5.41) is 5.38. The average molecular weight is 443 g/mol. The summed E-state index contributed by atoms with van der Waals surface area (Å²) in [6, 6.07) is 39.8. The lowest BCUT2D eigenvalue weighted by molar-refractivity contribution is 1.64. The molecule has 0 aliphatic rings. The van der Waals surface area contributed by atoms with Gasteiger partial charge in [-0.25, -0.2) is 0 Å². The summed E-state index contributed by atoms with van der Waals surface area (Å²) in [7, 11) is 0. The van der Waals surface area contributed by atoms with Gasteiger partial charge in [0.1, 0.15) is 0 Å². The molecule has 32 heavy (non-hydrogen) atoms. The van der Waals surface area contributed by atoms with E-state index in [-0.39, 0.29) is 0 Å². The van der Waals surface area contributed by atoms with Crippen molar-refractivity contribution in [2.24, 2.45) is 0 Å². The minimum atomic E-state index is 1.30. The van der Waals surface area contributed by atoms with Crippen LogP contribution in [0.4, 0.5) is 0 Å². The van der Waals surface area contributed by atoms with Crippen LogP contribution in [0.25, 0.3) is 62.6 Å². The van der Waals surface area contributed by atoms with Gasteiger partial charge in [0.05, 0.1) is 0 Å². The molecule has 0 radical (unpaired) electrons. The van der Waals surface area contributed by atoms with Crippen molar-refractivity contribution >= 4 is 63.0 Å². The zero-order chi connectivity index (χ0) is 21.1. The number of thiophene rings is 2. The molecule has 0 saturated carbocycles. The minimum Gasteiger partial charge on any atom is -0.135 e. The van der Waals surface area contributed by atoms with Crippen molar-refractivity contribution in [2.45, 2.75) is 0 Å². The molecule has 2 heteroatoms. The Labute approximate surface area is 194 Å². The normalized spacial score (nSPS) is 11.8. The Morgan fingerprint density at radius 3 is 1.19 bits per heavy atom. The van der Waals surface area contributed by atoms with Crippen molar-refractivity contribution < 1.29 is 0 Å². The van der Waals surface area contributed by atoms with Gasteiger partial charge in [-0.15, -0.1) is 22.7 Å². The highest BCUT2D eigenvalue weighted by Gasteiger charge is 2.16. The van der Waals surface area contributed by atoms with E-state index in [2.05, 4.69) is 109 Å². The fourth-order valence-corrected chi connectivity index (χ4v) is 7.33. The maximum absolute atomic E-state index is 2.28. The molecule has 2 aromatic heterocycles. The first-order chi connectivity index (χ1) is 15.9. The van der Waals surface area contributed by atoms with Crippen LogP contribution in [-0.2, 0) is 0 Å². The summed E-state index contributed by atoms with van der Waals surface area (Å²) in [4.78, 5) is 0. The second kappa shape index (κ2) is 7.03.